The highest BCUT2D eigenvalue weighted by molar-refractivity contribution is 5.81. The Morgan fingerprint density at radius 2 is 2.28 bits per heavy atom. The van der Waals surface area contributed by atoms with Crippen LogP contribution in [0.1, 0.15) is 19.8 Å². The Balaban J connectivity index is 1.87. The molecule has 2 fully saturated rings. The standard InChI is InChI=1S/C12H21N3O3/c1-9(16)14-10-3-2-5-15(8-10)12(17)11-7-13-4-6-18-11/h10-11,13H,2-8H2,1H3,(H,14,16). The van der Waals surface area contributed by atoms with Gasteiger partial charge in [0, 0.05) is 39.1 Å². The van der Waals surface area contributed by atoms with E-state index in [1.807, 2.05) is 4.90 Å². The zero-order chi connectivity index (χ0) is 13.0. The summed E-state index contributed by atoms with van der Waals surface area (Å²) in [5, 5.41) is 6.04. The number of carbonyl (C=O) groups is 2. The van der Waals surface area contributed by atoms with Gasteiger partial charge in [-0.1, -0.05) is 0 Å². The van der Waals surface area contributed by atoms with E-state index in [2.05, 4.69) is 10.6 Å². The summed E-state index contributed by atoms with van der Waals surface area (Å²) in [5.74, 6) is 0.00198. The molecule has 2 N–H and O–H groups in total. The molecule has 0 bridgehead atoms. The van der Waals surface area contributed by atoms with E-state index in [0.717, 1.165) is 25.9 Å². The maximum atomic E-state index is 12.2. The first kappa shape index (κ1) is 13.3. The van der Waals surface area contributed by atoms with Crippen molar-refractivity contribution >= 4 is 11.8 Å². The van der Waals surface area contributed by atoms with Crippen LogP contribution in [0.4, 0.5) is 0 Å². The van der Waals surface area contributed by atoms with Crippen LogP contribution in [0, 0.1) is 0 Å². The smallest absolute Gasteiger partial charge is 0.253 e. The van der Waals surface area contributed by atoms with Crippen molar-refractivity contribution in [3.63, 3.8) is 0 Å². The van der Waals surface area contributed by atoms with Crippen LogP contribution in [-0.4, -0.2) is 61.6 Å². The second-order valence-corrected chi connectivity index (χ2v) is 4.89. The van der Waals surface area contributed by atoms with Gasteiger partial charge >= 0.3 is 0 Å². The molecule has 2 amide bonds. The lowest BCUT2D eigenvalue weighted by Crippen LogP contribution is -2.55. The SMILES string of the molecule is CC(=O)NC1CCCN(C(=O)C2CNCCO2)C1. The molecule has 0 spiro atoms. The monoisotopic (exact) mass is 255 g/mol. The molecule has 2 aliphatic rings. The molecule has 0 aromatic carbocycles. The Morgan fingerprint density at radius 1 is 1.44 bits per heavy atom. The highest BCUT2D eigenvalue weighted by Crippen LogP contribution is 2.13. The number of nitrogens with one attached hydrogen (secondary N) is 2. The van der Waals surface area contributed by atoms with Crippen LogP contribution in [0.3, 0.4) is 0 Å². The number of hydrogen-bond donors (Lipinski definition) is 2. The van der Waals surface area contributed by atoms with Gasteiger partial charge in [-0.2, -0.15) is 0 Å². The molecule has 2 heterocycles. The highest BCUT2D eigenvalue weighted by atomic mass is 16.5. The minimum atomic E-state index is -0.366. The molecule has 0 aliphatic carbocycles. The lowest BCUT2D eigenvalue weighted by atomic mass is 10.0. The van der Waals surface area contributed by atoms with E-state index in [0.29, 0.717) is 19.7 Å². The largest absolute Gasteiger partial charge is 0.366 e. The first-order valence-electron chi connectivity index (χ1n) is 6.55. The van der Waals surface area contributed by atoms with Crippen molar-refractivity contribution in [2.45, 2.75) is 31.9 Å². The number of amides is 2. The Morgan fingerprint density at radius 3 is 2.94 bits per heavy atom. The number of likely N-dealkylation sites (tertiary alicyclic amines) is 1. The summed E-state index contributed by atoms with van der Waals surface area (Å²) in [7, 11) is 0. The molecule has 0 aromatic heterocycles. The number of hydrogen-bond acceptors (Lipinski definition) is 4. The average Bonchev–Trinajstić information content (AvgIpc) is 2.38. The topological polar surface area (TPSA) is 70.7 Å². The summed E-state index contributed by atoms with van der Waals surface area (Å²) >= 11 is 0. The number of morpholine rings is 1. The van der Waals surface area contributed by atoms with Crippen molar-refractivity contribution < 1.29 is 14.3 Å². The molecular formula is C12H21N3O3. The molecular weight excluding hydrogens is 234 g/mol. The molecule has 0 saturated carbocycles. The van der Waals surface area contributed by atoms with Crippen LogP contribution in [0.15, 0.2) is 0 Å². The van der Waals surface area contributed by atoms with Crippen molar-refractivity contribution in [3.8, 4) is 0 Å². The predicted octanol–water partition coefficient (Wildman–Crippen LogP) is -0.898. The third kappa shape index (κ3) is 3.43. The van der Waals surface area contributed by atoms with Gasteiger partial charge in [-0.15, -0.1) is 0 Å². The van der Waals surface area contributed by atoms with Gasteiger partial charge in [-0.05, 0) is 12.8 Å². The van der Waals surface area contributed by atoms with Crippen molar-refractivity contribution in [2.75, 3.05) is 32.8 Å². The van der Waals surface area contributed by atoms with E-state index < -0.39 is 0 Å². The van der Waals surface area contributed by atoms with E-state index in [9.17, 15) is 9.59 Å². The Kier molecular flexibility index (Phi) is 4.54. The highest BCUT2D eigenvalue weighted by Gasteiger charge is 2.30. The molecule has 6 heteroatoms. The zero-order valence-corrected chi connectivity index (χ0v) is 10.8. The number of ether oxygens (including phenoxy) is 1. The van der Waals surface area contributed by atoms with Crippen LogP contribution in [-0.2, 0) is 14.3 Å². The van der Waals surface area contributed by atoms with Gasteiger partial charge in [0.15, 0.2) is 0 Å². The van der Waals surface area contributed by atoms with Crippen LogP contribution in [0.25, 0.3) is 0 Å². The maximum absolute atomic E-state index is 12.2. The molecule has 18 heavy (non-hydrogen) atoms. The van der Waals surface area contributed by atoms with E-state index >= 15 is 0 Å². The van der Waals surface area contributed by atoms with E-state index in [-0.39, 0.29) is 24.0 Å². The van der Waals surface area contributed by atoms with Gasteiger partial charge in [0.2, 0.25) is 5.91 Å². The maximum Gasteiger partial charge on any atom is 0.253 e. The molecule has 0 aromatic rings. The van der Waals surface area contributed by atoms with E-state index in [4.69, 9.17) is 4.74 Å². The second kappa shape index (κ2) is 6.15. The lowest BCUT2D eigenvalue weighted by molar-refractivity contribution is -0.147. The third-order valence-electron chi connectivity index (χ3n) is 3.34. The summed E-state index contributed by atoms with van der Waals surface area (Å²) in [6, 6.07) is 0.0803. The fraction of sp³-hybridized carbons (Fsp3) is 0.833. The molecule has 6 nitrogen and oxygen atoms in total. The summed E-state index contributed by atoms with van der Waals surface area (Å²) < 4.78 is 5.47. The summed E-state index contributed by atoms with van der Waals surface area (Å²) in [4.78, 5) is 25.1. The van der Waals surface area contributed by atoms with E-state index in [1.54, 1.807) is 0 Å². The molecule has 2 rings (SSSR count). The predicted molar refractivity (Wildman–Crippen MR) is 66.0 cm³/mol. The molecule has 0 radical (unpaired) electrons. The van der Waals surface area contributed by atoms with Crippen molar-refractivity contribution in [1.29, 1.82) is 0 Å². The van der Waals surface area contributed by atoms with Crippen LogP contribution in [0.5, 0.6) is 0 Å². The minimum absolute atomic E-state index is 0.0371. The Hall–Kier alpha value is -1.14. The summed E-state index contributed by atoms with van der Waals surface area (Å²) in [6.07, 6.45) is 1.50. The molecule has 2 aliphatic heterocycles. The fourth-order valence-electron chi connectivity index (χ4n) is 2.51. The normalized spacial score (nSPS) is 28.8. The molecule has 2 saturated heterocycles. The average molecular weight is 255 g/mol. The quantitative estimate of drug-likeness (QED) is 0.671. The first-order valence-corrected chi connectivity index (χ1v) is 6.55. The van der Waals surface area contributed by atoms with Crippen LogP contribution in [0.2, 0.25) is 0 Å². The van der Waals surface area contributed by atoms with Gasteiger partial charge in [-0.3, -0.25) is 9.59 Å². The van der Waals surface area contributed by atoms with Gasteiger partial charge < -0.3 is 20.3 Å². The van der Waals surface area contributed by atoms with Crippen molar-refractivity contribution in [2.24, 2.45) is 0 Å². The fourth-order valence-corrected chi connectivity index (χ4v) is 2.51. The molecule has 2 unspecified atom stereocenters. The zero-order valence-electron chi connectivity index (χ0n) is 10.8. The Bertz CT molecular complexity index is 316. The first-order chi connectivity index (χ1) is 8.66. The number of rotatable bonds is 2. The van der Waals surface area contributed by atoms with Gasteiger partial charge in [-0.25, -0.2) is 0 Å². The van der Waals surface area contributed by atoms with Crippen LogP contribution < -0.4 is 10.6 Å². The van der Waals surface area contributed by atoms with Gasteiger partial charge in [0.05, 0.1) is 6.61 Å². The minimum Gasteiger partial charge on any atom is -0.366 e. The Labute approximate surface area is 107 Å². The molecule has 2 atom stereocenters. The van der Waals surface area contributed by atoms with Crippen molar-refractivity contribution in [3.05, 3.63) is 0 Å². The number of piperidine rings is 1. The third-order valence-corrected chi connectivity index (χ3v) is 3.34. The molecule has 102 valence electrons. The summed E-state index contributed by atoms with van der Waals surface area (Å²) in [5.41, 5.74) is 0. The van der Waals surface area contributed by atoms with E-state index in [1.165, 1.54) is 6.92 Å². The van der Waals surface area contributed by atoms with Gasteiger partial charge in [0.1, 0.15) is 6.10 Å². The second-order valence-electron chi connectivity index (χ2n) is 4.89. The van der Waals surface area contributed by atoms with Crippen LogP contribution >= 0.6 is 0 Å². The number of carbonyl (C=O) groups excluding carboxylic acids is 2. The van der Waals surface area contributed by atoms with Crippen molar-refractivity contribution in [1.82, 2.24) is 15.5 Å². The lowest BCUT2D eigenvalue weighted by Gasteiger charge is -2.36. The summed E-state index contributed by atoms with van der Waals surface area (Å²) in [6.45, 7) is 4.83. The van der Waals surface area contributed by atoms with Gasteiger partial charge in [0.25, 0.3) is 5.91 Å². The number of nitrogens with zero attached hydrogens (tertiary/aromatic N) is 1.